The van der Waals surface area contributed by atoms with Gasteiger partial charge in [0.25, 0.3) is 11.5 Å². The van der Waals surface area contributed by atoms with Crippen molar-refractivity contribution < 1.29 is 9.53 Å². The molecule has 0 bridgehead atoms. The van der Waals surface area contributed by atoms with Crippen molar-refractivity contribution in [1.82, 2.24) is 19.4 Å². The number of amides is 1. The van der Waals surface area contributed by atoms with Crippen molar-refractivity contribution in [3.63, 3.8) is 0 Å². The summed E-state index contributed by atoms with van der Waals surface area (Å²) >= 11 is 0. The number of morpholine rings is 1. The van der Waals surface area contributed by atoms with Crippen LogP contribution in [0.5, 0.6) is 0 Å². The van der Waals surface area contributed by atoms with Crippen molar-refractivity contribution in [2.24, 2.45) is 14.1 Å². The van der Waals surface area contributed by atoms with Gasteiger partial charge in [0, 0.05) is 51.8 Å². The molecule has 1 saturated heterocycles. The topological polar surface area (TPSA) is 68.5 Å². The van der Waals surface area contributed by atoms with Gasteiger partial charge in [0.2, 0.25) is 0 Å². The fourth-order valence-electron chi connectivity index (χ4n) is 3.19. The smallest absolute Gasteiger partial charge is 0.263 e. The molecule has 0 spiro atoms. The molecule has 1 atom stereocenters. The van der Waals surface area contributed by atoms with E-state index in [-0.39, 0.29) is 23.1 Å². The zero-order valence-electron chi connectivity index (χ0n) is 14.6. The molecule has 3 heterocycles. The molecule has 0 saturated carbocycles. The van der Waals surface area contributed by atoms with E-state index in [9.17, 15) is 9.59 Å². The molecule has 0 aromatic carbocycles. The van der Waals surface area contributed by atoms with Crippen molar-refractivity contribution in [3.05, 3.63) is 58.3 Å². The molecule has 0 aliphatic carbocycles. The molecule has 7 nitrogen and oxygen atoms in total. The summed E-state index contributed by atoms with van der Waals surface area (Å²) in [6.07, 6.45) is 3.64. The van der Waals surface area contributed by atoms with Crippen LogP contribution in [-0.4, -0.2) is 52.8 Å². The Morgan fingerprint density at radius 3 is 2.52 bits per heavy atom. The first-order valence-corrected chi connectivity index (χ1v) is 8.45. The maximum atomic E-state index is 12.5. The van der Waals surface area contributed by atoms with Gasteiger partial charge in [-0.25, -0.2) is 0 Å². The second-order valence-electron chi connectivity index (χ2n) is 6.26. The van der Waals surface area contributed by atoms with Crippen LogP contribution >= 0.6 is 0 Å². The summed E-state index contributed by atoms with van der Waals surface area (Å²) in [7, 11) is 3.64. The van der Waals surface area contributed by atoms with E-state index in [4.69, 9.17) is 4.74 Å². The highest BCUT2D eigenvalue weighted by Gasteiger charge is 2.25. The van der Waals surface area contributed by atoms with Crippen LogP contribution in [0, 0.1) is 0 Å². The second kappa shape index (κ2) is 7.67. The van der Waals surface area contributed by atoms with E-state index in [1.54, 1.807) is 25.4 Å². The Balaban J connectivity index is 1.76. The number of aromatic nitrogens is 2. The van der Waals surface area contributed by atoms with Crippen LogP contribution in [-0.2, 0) is 18.8 Å². The summed E-state index contributed by atoms with van der Waals surface area (Å²) in [4.78, 5) is 26.9. The van der Waals surface area contributed by atoms with Crippen LogP contribution in [0.2, 0.25) is 0 Å². The van der Waals surface area contributed by atoms with Crippen LogP contribution in [0.3, 0.4) is 0 Å². The third-order valence-corrected chi connectivity index (χ3v) is 4.64. The predicted octanol–water partition coefficient (Wildman–Crippen LogP) is 0.527. The van der Waals surface area contributed by atoms with Crippen molar-refractivity contribution in [1.29, 1.82) is 0 Å². The summed E-state index contributed by atoms with van der Waals surface area (Å²) in [6.45, 7) is 3.45. The van der Waals surface area contributed by atoms with Gasteiger partial charge < -0.3 is 19.2 Å². The molecule has 25 heavy (non-hydrogen) atoms. The minimum atomic E-state index is -0.339. The largest absolute Gasteiger partial charge is 0.379 e. The van der Waals surface area contributed by atoms with Gasteiger partial charge in [0.1, 0.15) is 5.56 Å². The Labute approximate surface area is 146 Å². The van der Waals surface area contributed by atoms with Crippen molar-refractivity contribution in [2.75, 3.05) is 32.8 Å². The zero-order valence-corrected chi connectivity index (χ0v) is 14.6. The molecule has 1 amide bonds. The molecular weight excluding hydrogens is 320 g/mol. The Morgan fingerprint density at radius 1 is 1.16 bits per heavy atom. The lowest BCUT2D eigenvalue weighted by atomic mass is 10.1. The minimum Gasteiger partial charge on any atom is -0.379 e. The number of nitrogens with one attached hydrogen (secondary N) is 1. The molecule has 1 fully saturated rings. The molecule has 7 heteroatoms. The average molecular weight is 344 g/mol. The van der Waals surface area contributed by atoms with E-state index in [0.717, 1.165) is 18.8 Å². The third-order valence-electron chi connectivity index (χ3n) is 4.64. The highest BCUT2D eigenvalue weighted by Crippen LogP contribution is 2.21. The first-order valence-electron chi connectivity index (χ1n) is 8.45. The number of ether oxygens (including phenoxy) is 1. The van der Waals surface area contributed by atoms with Gasteiger partial charge in [-0.1, -0.05) is 0 Å². The number of hydrogen-bond donors (Lipinski definition) is 1. The van der Waals surface area contributed by atoms with Gasteiger partial charge in [-0.3, -0.25) is 14.5 Å². The lowest BCUT2D eigenvalue weighted by Crippen LogP contribution is -2.45. The molecule has 2 aromatic heterocycles. The zero-order chi connectivity index (χ0) is 17.8. The van der Waals surface area contributed by atoms with E-state index in [2.05, 4.69) is 20.9 Å². The molecule has 3 rings (SSSR count). The Hall–Kier alpha value is -2.38. The van der Waals surface area contributed by atoms with Crippen LogP contribution in [0.25, 0.3) is 0 Å². The summed E-state index contributed by atoms with van der Waals surface area (Å²) in [5.41, 5.74) is 1.00. The minimum absolute atomic E-state index is 0.0421. The third kappa shape index (κ3) is 3.83. The average Bonchev–Trinajstić information content (AvgIpc) is 3.04. The standard InChI is InChI=1S/C18H24N4O3/c1-20-7-4-6-15(20)16(22-9-11-25-12-10-22)13-19-17(23)14-5-3-8-21(2)18(14)24/h3-8,16H,9-13H2,1-2H3,(H,19,23). The summed E-state index contributed by atoms with van der Waals surface area (Å²) in [5, 5.41) is 2.93. The molecule has 0 radical (unpaired) electrons. The van der Waals surface area contributed by atoms with Crippen molar-refractivity contribution in [2.45, 2.75) is 6.04 Å². The number of carbonyl (C=O) groups excluding carboxylic acids is 1. The van der Waals surface area contributed by atoms with E-state index in [0.29, 0.717) is 19.8 Å². The van der Waals surface area contributed by atoms with Gasteiger partial charge in [0.15, 0.2) is 0 Å². The SMILES string of the molecule is Cn1cccc1C(CNC(=O)c1cccn(C)c1=O)N1CCOCC1. The molecule has 134 valence electrons. The van der Waals surface area contributed by atoms with Crippen molar-refractivity contribution >= 4 is 5.91 Å². The van der Waals surface area contributed by atoms with Crippen LogP contribution in [0.15, 0.2) is 41.5 Å². The van der Waals surface area contributed by atoms with Gasteiger partial charge >= 0.3 is 0 Å². The van der Waals surface area contributed by atoms with Gasteiger partial charge in [-0.2, -0.15) is 0 Å². The molecule has 1 aliphatic rings. The van der Waals surface area contributed by atoms with Crippen LogP contribution in [0.1, 0.15) is 22.1 Å². The number of aryl methyl sites for hydroxylation is 2. The predicted molar refractivity (Wildman–Crippen MR) is 94.6 cm³/mol. The van der Waals surface area contributed by atoms with Crippen LogP contribution in [0.4, 0.5) is 0 Å². The second-order valence-corrected chi connectivity index (χ2v) is 6.26. The summed E-state index contributed by atoms with van der Waals surface area (Å²) < 4.78 is 8.91. The molecule has 1 unspecified atom stereocenters. The first-order chi connectivity index (χ1) is 12.1. The fraction of sp³-hybridized carbons (Fsp3) is 0.444. The van der Waals surface area contributed by atoms with E-state index < -0.39 is 0 Å². The number of hydrogen-bond acceptors (Lipinski definition) is 4. The van der Waals surface area contributed by atoms with E-state index >= 15 is 0 Å². The highest BCUT2D eigenvalue weighted by molar-refractivity contribution is 5.93. The lowest BCUT2D eigenvalue weighted by Gasteiger charge is -2.34. The van der Waals surface area contributed by atoms with Gasteiger partial charge in [-0.15, -0.1) is 0 Å². The molecule has 1 aliphatic heterocycles. The molecular formula is C18H24N4O3. The fourth-order valence-corrected chi connectivity index (χ4v) is 3.19. The van der Waals surface area contributed by atoms with E-state index in [1.165, 1.54) is 4.57 Å². The highest BCUT2D eigenvalue weighted by atomic mass is 16.5. The first kappa shape index (κ1) is 17.4. The number of carbonyl (C=O) groups is 1. The van der Waals surface area contributed by atoms with Crippen molar-refractivity contribution in [3.8, 4) is 0 Å². The summed E-state index contributed by atoms with van der Waals surface area (Å²) in [5.74, 6) is -0.339. The summed E-state index contributed by atoms with van der Waals surface area (Å²) in [6, 6.07) is 7.36. The number of rotatable bonds is 5. The van der Waals surface area contributed by atoms with Gasteiger partial charge in [0.05, 0.1) is 19.3 Å². The maximum absolute atomic E-state index is 12.5. The van der Waals surface area contributed by atoms with Gasteiger partial charge in [-0.05, 0) is 24.3 Å². The number of pyridine rings is 1. The number of nitrogens with zero attached hydrogens (tertiary/aromatic N) is 3. The lowest BCUT2D eigenvalue weighted by molar-refractivity contribution is 0.0148. The van der Waals surface area contributed by atoms with E-state index in [1.807, 2.05) is 19.3 Å². The normalized spacial score (nSPS) is 16.6. The quantitative estimate of drug-likeness (QED) is 0.859. The Kier molecular flexibility index (Phi) is 5.35. The monoisotopic (exact) mass is 344 g/mol. The van der Waals surface area contributed by atoms with Crippen LogP contribution < -0.4 is 10.9 Å². The molecule has 1 N–H and O–H groups in total. The maximum Gasteiger partial charge on any atom is 0.263 e. The Morgan fingerprint density at radius 2 is 1.84 bits per heavy atom. The molecule has 2 aromatic rings. The Bertz CT molecular complexity index is 790.